The van der Waals surface area contributed by atoms with E-state index in [0.29, 0.717) is 15.4 Å². The molecule has 0 aliphatic rings. The van der Waals surface area contributed by atoms with Crippen molar-refractivity contribution < 1.29 is 9.53 Å². The molecule has 2 rings (SSSR count). The van der Waals surface area contributed by atoms with Crippen molar-refractivity contribution in [2.75, 3.05) is 0 Å². The number of hydrogen-bond donors (Lipinski definition) is 0. The predicted molar refractivity (Wildman–Crippen MR) is 71.6 cm³/mol. The van der Waals surface area contributed by atoms with Gasteiger partial charge in [-0.05, 0) is 32.9 Å². The molecular weight excluding hydrogens is 262 g/mol. The zero-order valence-electron chi connectivity index (χ0n) is 10.9. The standard InChI is InChI=1S/C13H13N3O2S/c1-13(2,3)18-12(17)8(7-14)10-16-9-5-4-6-15-11(9)19-10/h4-6,8H,1-3H3. The maximum atomic E-state index is 12.0. The smallest absolute Gasteiger partial charge is 0.330 e. The van der Waals surface area contributed by atoms with Crippen molar-refractivity contribution in [3.63, 3.8) is 0 Å². The molecule has 1 unspecified atom stereocenters. The summed E-state index contributed by atoms with van der Waals surface area (Å²) in [6.45, 7) is 5.29. The molecule has 0 N–H and O–H groups in total. The summed E-state index contributed by atoms with van der Waals surface area (Å²) in [6.07, 6.45) is 1.65. The van der Waals surface area contributed by atoms with Gasteiger partial charge in [-0.1, -0.05) is 11.3 Å². The summed E-state index contributed by atoms with van der Waals surface area (Å²) in [4.78, 5) is 21.1. The number of rotatable bonds is 2. The first-order valence-corrected chi connectivity index (χ1v) is 6.56. The Hall–Kier alpha value is -2.00. The zero-order chi connectivity index (χ0) is 14.0. The van der Waals surface area contributed by atoms with Gasteiger partial charge >= 0.3 is 5.97 Å². The molecule has 0 fully saturated rings. The fourth-order valence-corrected chi connectivity index (χ4v) is 2.42. The van der Waals surface area contributed by atoms with Crippen LogP contribution in [0.1, 0.15) is 31.7 Å². The van der Waals surface area contributed by atoms with Gasteiger partial charge in [0.15, 0.2) is 5.92 Å². The van der Waals surface area contributed by atoms with E-state index in [1.807, 2.05) is 6.07 Å². The topological polar surface area (TPSA) is 75.9 Å². The van der Waals surface area contributed by atoms with Gasteiger partial charge in [0.2, 0.25) is 0 Å². The lowest BCUT2D eigenvalue weighted by Crippen LogP contribution is -2.27. The predicted octanol–water partition coefficient (Wildman–Crippen LogP) is 2.64. The van der Waals surface area contributed by atoms with Gasteiger partial charge in [-0.15, -0.1) is 0 Å². The molecule has 2 aromatic heterocycles. The zero-order valence-corrected chi connectivity index (χ0v) is 11.7. The number of hydrogen-bond acceptors (Lipinski definition) is 6. The lowest BCUT2D eigenvalue weighted by molar-refractivity contribution is -0.155. The highest BCUT2D eigenvalue weighted by molar-refractivity contribution is 7.18. The number of carbonyl (C=O) groups excluding carboxylic acids is 1. The van der Waals surface area contributed by atoms with Gasteiger partial charge in [0.25, 0.3) is 0 Å². The number of fused-ring (bicyclic) bond motifs is 1. The highest BCUT2D eigenvalue weighted by Crippen LogP contribution is 2.27. The highest BCUT2D eigenvalue weighted by Gasteiger charge is 2.29. The third-order valence-corrected chi connectivity index (χ3v) is 3.25. The number of aromatic nitrogens is 2. The molecule has 0 amide bonds. The van der Waals surface area contributed by atoms with Crippen LogP contribution >= 0.6 is 11.3 Å². The van der Waals surface area contributed by atoms with Crippen LogP contribution in [0.25, 0.3) is 10.3 Å². The summed E-state index contributed by atoms with van der Waals surface area (Å²) in [5.41, 5.74) is 0.0625. The van der Waals surface area contributed by atoms with E-state index >= 15 is 0 Å². The number of nitrogens with zero attached hydrogens (tertiary/aromatic N) is 3. The Morgan fingerprint density at radius 3 is 2.84 bits per heavy atom. The van der Waals surface area contributed by atoms with Crippen LogP contribution in [0.4, 0.5) is 0 Å². The molecule has 0 aromatic carbocycles. The van der Waals surface area contributed by atoms with E-state index in [1.165, 1.54) is 11.3 Å². The maximum absolute atomic E-state index is 12.0. The second kappa shape index (κ2) is 4.94. The molecule has 6 heteroatoms. The van der Waals surface area contributed by atoms with Crippen molar-refractivity contribution in [1.82, 2.24) is 9.97 Å². The molecular formula is C13H13N3O2S. The number of nitriles is 1. The van der Waals surface area contributed by atoms with E-state index in [4.69, 9.17) is 10.00 Å². The quantitative estimate of drug-likeness (QED) is 0.787. The average Bonchev–Trinajstić information content (AvgIpc) is 2.70. The van der Waals surface area contributed by atoms with Gasteiger partial charge in [-0.3, -0.25) is 4.79 Å². The van der Waals surface area contributed by atoms with Crippen LogP contribution in [0.5, 0.6) is 0 Å². The van der Waals surface area contributed by atoms with Crippen molar-refractivity contribution in [1.29, 1.82) is 5.26 Å². The van der Waals surface area contributed by atoms with Crippen molar-refractivity contribution in [3.8, 4) is 6.07 Å². The first-order valence-electron chi connectivity index (χ1n) is 5.74. The minimum absolute atomic E-state index is 0.422. The summed E-state index contributed by atoms with van der Waals surface area (Å²) < 4.78 is 5.23. The van der Waals surface area contributed by atoms with E-state index in [9.17, 15) is 4.79 Å². The summed E-state index contributed by atoms with van der Waals surface area (Å²) >= 11 is 1.24. The summed E-state index contributed by atoms with van der Waals surface area (Å²) in [5.74, 6) is -1.58. The molecule has 19 heavy (non-hydrogen) atoms. The highest BCUT2D eigenvalue weighted by atomic mass is 32.1. The molecule has 0 saturated carbocycles. The molecule has 2 heterocycles. The van der Waals surface area contributed by atoms with Gasteiger partial charge in [0, 0.05) is 6.20 Å². The molecule has 0 radical (unpaired) electrons. The number of pyridine rings is 1. The second-order valence-electron chi connectivity index (χ2n) is 4.98. The van der Waals surface area contributed by atoms with Crippen LogP contribution in [0.15, 0.2) is 18.3 Å². The van der Waals surface area contributed by atoms with E-state index < -0.39 is 17.5 Å². The van der Waals surface area contributed by atoms with Crippen molar-refractivity contribution in [2.24, 2.45) is 0 Å². The van der Waals surface area contributed by atoms with Crippen LogP contribution in [-0.4, -0.2) is 21.5 Å². The maximum Gasteiger partial charge on any atom is 0.330 e. The number of thiazole rings is 1. The lowest BCUT2D eigenvalue weighted by atomic mass is 10.1. The van der Waals surface area contributed by atoms with Crippen LogP contribution in [0.2, 0.25) is 0 Å². The number of carbonyl (C=O) groups is 1. The molecule has 0 spiro atoms. The Morgan fingerprint density at radius 1 is 1.53 bits per heavy atom. The molecule has 5 nitrogen and oxygen atoms in total. The Bertz CT molecular complexity index is 619. The molecule has 0 saturated heterocycles. The monoisotopic (exact) mass is 275 g/mol. The van der Waals surface area contributed by atoms with Gasteiger partial charge in [0.05, 0.1) is 6.07 Å². The molecule has 0 aliphatic carbocycles. The van der Waals surface area contributed by atoms with Crippen molar-refractivity contribution >= 4 is 27.7 Å². The Labute approximate surface area is 114 Å². The third kappa shape index (κ3) is 3.06. The fraction of sp³-hybridized carbons (Fsp3) is 0.385. The van der Waals surface area contributed by atoms with Gasteiger partial charge in [0.1, 0.15) is 21.0 Å². The van der Waals surface area contributed by atoms with Crippen molar-refractivity contribution in [3.05, 3.63) is 23.3 Å². The Kier molecular flexibility index (Phi) is 3.49. The molecule has 1 atom stereocenters. The van der Waals surface area contributed by atoms with E-state index in [1.54, 1.807) is 39.1 Å². The first kappa shape index (κ1) is 13.4. The van der Waals surface area contributed by atoms with Crippen LogP contribution in [0.3, 0.4) is 0 Å². The first-order chi connectivity index (χ1) is 8.90. The normalized spacial score (nSPS) is 12.9. The summed E-state index contributed by atoms with van der Waals surface area (Å²) in [6, 6.07) is 5.51. The molecule has 98 valence electrons. The fourth-order valence-electron chi connectivity index (χ4n) is 1.48. The van der Waals surface area contributed by atoms with Crippen molar-refractivity contribution in [2.45, 2.75) is 32.3 Å². The molecule has 0 bridgehead atoms. The van der Waals surface area contributed by atoms with E-state index in [2.05, 4.69) is 9.97 Å². The SMILES string of the molecule is CC(C)(C)OC(=O)C(C#N)c1nc2cccnc2s1. The van der Waals surface area contributed by atoms with E-state index in [-0.39, 0.29) is 0 Å². The second-order valence-corrected chi connectivity index (χ2v) is 5.98. The number of ether oxygens (including phenoxy) is 1. The Balaban J connectivity index is 2.32. The summed E-state index contributed by atoms with van der Waals surface area (Å²) in [5, 5.41) is 9.59. The average molecular weight is 275 g/mol. The van der Waals surface area contributed by atoms with Gasteiger partial charge in [-0.2, -0.15) is 5.26 Å². The van der Waals surface area contributed by atoms with Crippen LogP contribution < -0.4 is 0 Å². The minimum atomic E-state index is -1.00. The van der Waals surface area contributed by atoms with E-state index in [0.717, 1.165) is 0 Å². The third-order valence-electron chi connectivity index (χ3n) is 2.20. The molecule has 0 aliphatic heterocycles. The van der Waals surface area contributed by atoms with Gasteiger partial charge in [-0.25, -0.2) is 9.97 Å². The summed E-state index contributed by atoms with van der Waals surface area (Å²) in [7, 11) is 0. The van der Waals surface area contributed by atoms with Gasteiger partial charge < -0.3 is 4.74 Å². The van der Waals surface area contributed by atoms with Crippen LogP contribution in [-0.2, 0) is 9.53 Å². The largest absolute Gasteiger partial charge is 0.459 e. The Morgan fingerprint density at radius 2 is 2.26 bits per heavy atom. The molecule has 2 aromatic rings. The minimum Gasteiger partial charge on any atom is -0.459 e. The lowest BCUT2D eigenvalue weighted by Gasteiger charge is -2.20. The number of esters is 1. The van der Waals surface area contributed by atoms with Crippen LogP contribution in [0, 0.1) is 11.3 Å².